The van der Waals surface area contributed by atoms with E-state index in [1.165, 1.54) is 20.4 Å². The van der Waals surface area contributed by atoms with Crippen LogP contribution in [0.15, 0.2) is 42.6 Å². The quantitative estimate of drug-likeness (QED) is 0.276. The zero-order chi connectivity index (χ0) is 27.3. The first-order valence-corrected chi connectivity index (χ1v) is 12.8. The van der Waals surface area contributed by atoms with Gasteiger partial charge in [-0.15, -0.1) is 0 Å². The van der Waals surface area contributed by atoms with Gasteiger partial charge in [0.05, 0.1) is 30.2 Å². The number of likely N-dealkylation sites (tertiary alicyclic amines) is 1. The lowest BCUT2D eigenvalue weighted by molar-refractivity contribution is -0.157. The van der Waals surface area contributed by atoms with Crippen LogP contribution in [0.4, 0.5) is 13.2 Å². The molecule has 38 heavy (non-hydrogen) atoms. The second kappa shape index (κ2) is 12.2. The molecule has 204 valence electrons. The Morgan fingerprint density at radius 3 is 2.63 bits per heavy atom. The molecule has 0 radical (unpaired) electrons. The molecule has 2 aromatic carbocycles. The minimum Gasteiger partial charge on any atom is -0.497 e. The van der Waals surface area contributed by atoms with E-state index in [0.717, 1.165) is 18.2 Å². The van der Waals surface area contributed by atoms with Crippen LogP contribution in [0.5, 0.6) is 11.5 Å². The highest BCUT2D eigenvalue weighted by Gasteiger charge is 2.42. The van der Waals surface area contributed by atoms with Crippen molar-refractivity contribution >= 4 is 28.5 Å². The van der Waals surface area contributed by atoms with E-state index in [-0.39, 0.29) is 36.2 Å². The van der Waals surface area contributed by atoms with Crippen molar-refractivity contribution in [1.82, 2.24) is 9.88 Å². The fourth-order valence-corrected chi connectivity index (χ4v) is 5.28. The van der Waals surface area contributed by atoms with Crippen molar-refractivity contribution in [2.24, 2.45) is 5.41 Å². The topological polar surface area (TPSA) is 60.9 Å². The summed E-state index contributed by atoms with van der Waals surface area (Å²) in [7, 11) is 2.87. The minimum atomic E-state index is -1.42. The van der Waals surface area contributed by atoms with Crippen molar-refractivity contribution in [2.45, 2.75) is 31.9 Å². The molecule has 1 aromatic heterocycles. The Labute approximate surface area is 224 Å². The summed E-state index contributed by atoms with van der Waals surface area (Å²) in [5, 5.41) is 0.788. The van der Waals surface area contributed by atoms with Crippen LogP contribution in [0, 0.1) is 17.0 Å². The first kappa shape index (κ1) is 28.0. The monoisotopic (exact) mass is 550 g/mol. The lowest BCUT2D eigenvalue weighted by Gasteiger charge is -2.40. The second-order valence-electron chi connectivity index (χ2n) is 9.45. The number of rotatable bonds is 10. The molecule has 0 aliphatic carbocycles. The molecule has 1 atom stereocenters. The van der Waals surface area contributed by atoms with E-state index in [1.54, 1.807) is 18.2 Å². The van der Waals surface area contributed by atoms with Crippen molar-refractivity contribution in [3.05, 3.63) is 64.8 Å². The molecule has 4 rings (SSSR count). The molecule has 3 aromatic rings. The van der Waals surface area contributed by atoms with Gasteiger partial charge in [-0.3, -0.25) is 14.7 Å². The number of methoxy groups -OCH3 is 2. The molecule has 0 unspecified atom stereocenters. The number of ether oxygens (including phenoxy) is 3. The molecular weight excluding hydrogens is 521 g/mol. The number of hydrogen-bond acceptors (Lipinski definition) is 6. The molecule has 0 amide bonds. The standard InChI is InChI=1S/C28H30ClF3N2O4/c1-36-19-4-6-24-20(16-19)26(21(29)17-33-24)23(32)7-8-28(27(35)37-2)9-11-34(12-10-28)13-14-38-25-15-18(30)3-5-22(25)31/h3-6,15-17,23H,7-14H2,1-2H3/t23-/m0/s1. The third-order valence-corrected chi connectivity index (χ3v) is 7.55. The predicted molar refractivity (Wildman–Crippen MR) is 138 cm³/mol. The van der Waals surface area contributed by atoms with E-state index in [0.29, 0.717) is 54.7 Å². The van der Waals surface area contributed by atoms with Crippen molar-refractivity contribution < 1.29 is 32.2 Å². The molecule has 1 aliphatic rings. The summed E-state index contributed by atoms with van der Waals surface area (Å²) in [5.41, 5.74) is 0.0944. The summed E-state index contributed by atoms with van der Waals surface area (Å²) in [6, 6.07) is 8.27. The van der Waals surface area contributed by atoms with Crippen LogP contribution in [-0.4, -0.2) is 56.3 Å². The number of hydrogen-bond donors (Lipinski definition) is 0. The Balaban J connectivity index is 1.40. The molecular formula is C28H30ClF3N2O4. The number of pyridine rings is 1. The Morgan fingerprint density at radius 2 is 1.92 bits per heavy atom. The van der Waals surface area contributed by atoms with Crippen LogP contribution in [0.3, 0.4) is 0 Å². The van der Waals surface area contributed by atoms with Gasteiger partial charge in [0.15, 0.2) is 11.6 Å². The van der Waals surface area contributed by atoms with E-state index in [4.69, 9.17) is 25.8 Å². The number of benzene rings is 2. The molecule has 6 nitrogen and oxygen atoms in total. The van der Waals surface area contributed by atoms with Gasteiger partial charge in [0, 0.05) is 29.8 Å². The first-order chi connectivity index (χ1) is 18.3. The van der Waals surface area contributed by atoms with Crippen LogP contribution in [0.1, 0.15) is 37.4 Å². The van der Waals surface area contributed by atoms with Crippen molar-refractivity contribution in [2.75, 3.05) is 40.5 Å². The average molecular weight is 551 g/mol. The number of alkyl halides is 1. The minimum absolute atomic E-state index is 0.0765. The second-order valence-corrected chi connectivity index (χ2v) is 9.85. The van der Waals surface area contributed by atoms with Gasteiger partial charge in [-0.2, -0.15) is 0 Å². The zero-order valence-electron chi connectivity index (χ0n) is 21.3. The van der Waals surface area contributed by atoms with E-state index >= 15 is 4.39 Å². The van der Waals surface area contributed by atoms with Crippen molar-refractivity contribution in [1.29, 1.82) is 0 Å². The van der Waals surface area contributed by atoms with E-state index < -0.39 is 23.2 Å². The Morgan fingerprint density at radius 1 is 1.16 bits per heavy atom. The SMILES string of the molecule is COC(=O)C1(CC[C@H](F)c2c(Cl)cnc3ccc(OC)cc23)CCN(CCOc2cc(F)ccc2F)CC1. The number of carbonyl (C=O) groups excluding carboxylic acids is 1. The Kier molecular flexibility index (Phi) is 8.99. The Hall–Kier alpha value is -3.04. The van der Waals surface area contributed by atoms with Gasteiger partial charge in [-0.05, 0) is 69.1 Å². The van der Waals surface area contributed by atoms with Gasteiger partial charge in [-0.1, -0.05) is 11.6 Å². The molecule has 1 fully saturated rings. The number of esters is 1. The number of nitrogens with zero attached hydrogens (tertiary/aromatic N) is 2. The van der Waals surface area contributed by atoms with Crippen LogP contribution >= 0.6 is 11.6 Å². The van der Waals surface area contributed by atoms with E-state index in [1.807, 2.05) is 0 Å². The maximum absolute atomic E-state index is 15.7. The highest BCUT2D eigenvalue weighted by Crippen LogP contribution is 2.42. The first-order valence-electron chi connectivity index (χ1n) is 12.4. The molecule has 0 saturated carbocycles. The summed E-state index contributed by atoms with van der Waals surface area (Å²) in [6.07, 6.45) is 1.31. The largest absolute Gasteiger partial charge is 0.497 e. The fraction of sp³-hybridized carbons (Fsp3) is 0.429. The average Bonchev–Trinajstić information content (AvgIpc) is 2.93. The number of fused-ring (bicyclic) bond motifs is 1. The van der Waals surface area contributed by atoms with Crippen LogP contribution < -0.4 is 9.47 Å². The van der Waals surface area contributed by atoms with Gasteiger partial charge < -0.3 is 14.2 Å². The third-order valence-electron chi connectivity index (χ3n) is 7.25. The normalized spacial score (nSPS) is 16.3. The Bertz CT molecular complexity index is 1280. The number of aromatic nitrogens is 1. The molecule has 10 heteroatoms. The highest BCUT2D eigenvalue weighted by molar-refractivity contribution is 6.32. The zero-order valence-corrected chi connectivity index (χ0v) is 22.1. The van der Waals surface area contributed by atoms with Gasteiger partial charge in [0.25, 0.3) is 0 Å². The number of piperidine rings is 1. The van der Waals surface area contributed by atoms with Crippen molar-refractivity contribution in [3.63, 3.8) is 0 Å². The molecule has 1 aliphatic heterocycles. The third kappa shape index (κ3) is 6.15. The van der Waals surface area contributed by atoms with Crippen molar-refractivity contribution in [3.8, 4) is 11.5 Å². The molecule has 0 spiro atoms. The highest BCUT2D eigenvalue weighted by atomic mass is 35.5. The molecule has 0 N–H and O–H groups in total. The summed E-state index contributed by atoms with van der Waals surface area (Å²) < 4.78 is 58.7. The van der Waals surface area contributed by atoms with Crippen LogP contribution in [-0.2, 0) is 9.53 Å². The number of halogens is 4. The van der Waals surface area contributed by atoms with Crippen LogP contribution in [0.2, 0.25) is 5.02 Å². The predicted octanol–water partition coefficient (Wildman–Crippen LogP) is 6.30. The summed E-state index contributed by atoms with van der Waals surface area (Å²) in [5.74, 6) is -1.14. The summed E-state index contributed by atoms with van der Waals surface area (Å²) in [6.45, 7) is 1.74. The maximum Gasteiger partial charge on any atom is 0.311 e. The van der Waals surface area contributed by atoms with E-state index in [9.17, 15) is 13.6 Å². The molecule has 1 saturated heterocycles. The van der Waals surface area contributed by atoms with Gasteiger partial charge in [0.2, 0.25) is 0 Å². The molecule has 2 heterocycles. The fourth-order valence-electron chi connectivity index (χ4n) is 5.01. The summed E-state index contributed by atoms with van der Waals surface area (Å²) >= 11 is 6.37. The van der Waals surface area contributed by atoms with Crippen LogP contribution in [0.25, 0.3) is 10.9 Å². The number of carbonyl (C=O) groups is 1. The maximum atomic E-state index is 15.7. The lowest BCUT2D eigenvalue weighted by Crippen LogP contribution is -2.46. The van der Waals surface area contributed by atoms with E-state index in [2.05, 4.69) is 9.88 Å². The summed E-state index contributed by atoms with van der Waals surface area (Å²) in [4.78, 5) is 19.2. The van der Waals surface area contributed by atoms with Gasteiger partial charge in [0.1, 0.15) is 24.3 Å². The van der Waals surface area contributed by atoms with Gasteiger partial charge >= 0.3 is 5.97 Å². The van der Waals surface area contributed by atoms with Gasteiger partial charge in [-0.25, -0.2) is 13.2 Å². The lowest BCUT2D eigenvalue weighted by atomic mass is 9.74. The smallest absolute Gasteiger partial charge is 0.311 e. The molecule has 0 bridgehead atoms.